The van der Waals surface area contributed by atoms with E-state index in [0.717, 1.165) is 44.4 Å². The van der Waals surface area contributed by atoms with Crippen LogP contribution >= 0.6 is 34.8 Å². The van der Waals surface area contributed by atoms with E-state index in [4.69, 9.17) is 72.7 Å². The quantitative estimate of drug-likeness (QED) is 0.0121. The number of fused-ring (bicyclic) bond motifs is 4. The molecule has 0 bridgehead atoms. The summed E-state index contributed by atoms with van der Waals surface area (Å²) in [5.41, 5.74) is 7.87. The van der Waals surface area contributed by atoms with Crippen LogP contribution in [0, 0.1) is 30.2 Å². The topological polar surface area (TPSA) is 282 Å². The molecule has 0 amide bonds. The molecule has 0 radical (unpaired) electrons. The van der Waals surface area contributed by atoms with E-state index < -0.39 is 17.5 Å². The van der Waals surface area contributed by atoms with E-state index in [1.807, 2.05) is 174 Å². The van der Waals surface area contributed by atoms with Crippen molar-refractivity contribution in [1.82, 2.24) is 44.4 Å². The number of imidazole rings is 1. The average Bonchev–Trinajstić information content (AvgIpc) is 0.827. The maximum absolute atomic E-state index is 13.6. The highest BCUT2D eigenvalue weighted by molar-refractivity contribution is 6.31. The molecule has 8 heterocycles. The number of methoxy groups -OCH3 is 4. The minimum Gasteiger partial charge on any atom is -0.493 e. The van der Waals surface area contributed by atoms with Gasteiger partial charge in [0.15, 0.2) is 70.8 Å². The van der Waals surface area contributed by atoms with Crippen LogP contribution in [0.3, 0.4) is 0 Å². The van der Waals surface area contributed by atoms with Crippen molar-refractivity contribution in [2.75, 3.05) is 112 Å². The molecule has 0 fully saturated rings. The van der Waals surface area contributed by atoms with E-state index in [1.54, 1.807) is 83.9 Å². The number of pyridine rings is 3. The Kier molecular flexibility index (Phi) is 30.4. The third-order valence-corrected chi connectivity index (χ3v) is 20.0. The standard InChI is InChI=1S/C24H24FN5O2.C23H21ClFN5O2.C23H22ClFN5O2.C21H20ClFN5O2/c1-16-12-17(7-8-19(16)25)29-24-18-13-22(21(31-3)14-20(18)27-15-28-24)32-11-9-26-23-6-4-5-10-30(23)2;1-30-8-5-15(6-9-30)26-7-10-32-22-12-17-20(13-21(22)31-2)27-14-28-23(17)29-16-3-4-19(25)18(24)11-16;1-30-8-3-4-16(13-30)26-7-9-32-22-11-17-20(12-21(22)31-2)27-14-28-23(17)29-15-5-6-19(25)18(24)10-15;1-27-5-6-28(13-27)7-8-30-20-10-15-18(11-19(20)29-2)24-12-25-21(15)26-14-3-4-17(23)16(22)9-14/h4-8,10,12-15H,9,11H2,1-3H3,(H,27,28,29);3-6,8-9,11-14H,7,10H2,1-2H3,(H,27,28,29);3-6,8,10-14,26H,7,9H2,1-2H3,(H,27,28,29);3-6,9-13H,7-8H2,1-2H3,(H,24,25,26)/q;;2*+1/p+2. The van der Waals surface area contributed by atoms with Gasteiger partial charge in [0, 0.05) is 112 Å². The number of halogens is 7. The molecule has 0 aliphatic heterocycles. The van der Waals surface area contributed by atoms with Crippen molar-refractivity contribution in [3.63, 3.8) is 0 Å². The van der Waals surface area contributed by atoms with Crippen molar-refractivity contribution in [1.29, 1.82) is 0 Å². The van der Waals surface area contributed by atoms with Gasteiger partial charge in [0.1, 0.15) is 138 Å². The summed E-state index contributed by atoms with van der Waals surface area (Å²) in [6.07, 6.45) is 21.6. The molecule has 8 aromatic carbocycles. The summed E-state index contributed by atoms with van der Waals surface area (Å²) in [4.78, 5) is 34.6. The van der Waals surface area contributed by atoms with Crippen LogP contribution in [-0.2, 0) is 34.7 Å². The minimum atomic E-state index is -0.483. The van der Waals surface area contributed by atoms with Crippen molar-refractivity contribution in [2.45, 2.75) is 13.5 Å². The van der Waals surface area contributed by atoms with Gasteiger partial charge in [0.25, 0.3) is 5.82 Å². The van der Waals surface area contributed by atoms with E-state index in [0.29, 0.717) is 167 Å². The van der Waals surface area contributed by atoms with Crippen LogP contribution in [0.4, 0.5) is 80.8 Å². The van der Waals surface area contributed by atoms with Gasteiger partial charge in [-0.3, -0.25) is 5.32 Å². The smallest absolute Gasteiger partial charge is 0.274 e. The maximum Gasteiger partial charge on any atom is 0.274 e. The van der Waals surface area contributed by atoms with Crippen LogP contribution in [0.15, 0.2) is 239 Å². The van der Waals surface area contributed by atoms with Gasteiger partial charge in [-0.15, -0.1) is 0 Å². The molecule has 0 spiro atoms. The number of hydrogen-bond acceptors (Lipinski definition) is 23. The zero-order valence-electron chi connectivity index (χ0n) is 69.9. The first-order chi connectivity index (χ1) is 61.1. The summed E-state index contributed by atoms with van der Waals surface area (Å²) in [6.45, 7) is 5.98. The number of nitrogens with zero attached hydrogens (tertiary/aromatic N) is 13. The van der Waals surface area contributed by atoms with Crippen molar-refractivity contribution in [3.8, 4) is 46.0 Å². The lowest BCUT2D eigenvalue weighted by Crippen LogP contribution is -2.32. The second-order valence-electron chi connectivity index (χ2n) is 28.0. The highest BCUT2D eigenvalue weighted by Gasteiger charge is 2.20. The molecular weight excluding hydrogens is 1680 g/mol. The Labute approximate surface area is 737 Å². The van der Waals surface area contributed by atoms with Crippen molar-refractivity contribution >= 4 is 142 Å². The monoisotopic (exact) mass is 1770 g/mol. The molecular formula is C91H89Cl3F4N20O8+4. The minimum absolute atomic E-state index is 0.0264. The molecule has 16 rings (SSSR count). The Morgan fingerprint density at radius 2 is 0.738 bits per heavy atom. The molecule has 0 atom stereocenters. The first kappa shape index (κ1) is 89.1. The number of hydrogen-bond donors (Lipinski definition) is 7. The van der Waals surface area contributed by atoms with Gasteiger partial charge in [-0.25, -0.2) is 80.3 Å². The van der Waals surface area contributed by atoms with Crippen LogP contribution in [0.25, 0.3) is 43.6 Å². The molecule has 28 nitrogen and oxygen atoms in total. The lowest BCUT2D eigenvalue weighted by molar-refractivity contribution is -0.671. The summed E-state index contributed by atoms with van der Waals surface area (Å²) in [5, 5.41) is 25.7. The summed E-state index contributed by atoms with van der Waals surface area (Å²) >= 11 is 17.7. The van der Waals surface area contributed by atoms with E-state index in [9.17, 15) is 17.6 Å². The van der Waals surface area contributed by atoms with Crippen LogP contribution in [-0.4, -0.2) is 119 Å². The first-order valence-electron chi connectivity index (χ1n) is 39.2. The number of nitrogens with one attached hydrogen (secondary N) is 7. The van der Waals surface area contributed by atoms with Gasteiger partial charge in [0.05, 0.1) is 91.6 Å². The van der Waals surface area contributed by atoms with Crippen LogP contribution in [0.2, 0.25) is 15.1 Å². The molecule has 0 aliphatic carbocycles. The average molecular weight is 1770 g/mol. The van der Waals surface area contributed by atoms with Gasteiger partial charge < -0.3 is 69.8 Å². The lowest BCUT2D eigenvalue weighted by Gasteiger charge is -2.14. The highest BCUT2D eigenvalue weighted by Crippen LogP contribution is 2.40. The van der Waals surface area contributed by atoms with Crippen LogP contribution in [0.5, 0.6) is 46.0 Å². The van der Waals surface area contributed by atoms with E-state index in [-0.39, 0.29) is 20.9 Å². The number of anilines is 11. The number of rotatable bonds is 31. The third kappa shape index (κ3) is 23.8. The predicted octanol–water partition coefficient (Wildman–Crippen LogP) is 17.0. The van der Waals surface area contributed by atoms with E-state index in [1.165, 1.54) is 67.8 Å². The van der Waals surface area contributed by atoms with Gasteiger partial charge in [-0.05, 0) is 122 Å². The summed E-state index contributed by atoms with van der Waals surface area (Å²) in [6, 6.07) is 46.4. The fourth-order valence-corrected chi connectivity index (χ4v) is 13.2. The van der Waals surface area contributed by atoms with Crippen molar-refractivity contribution in [3.05, 3.63) is 283 Å². The zero-order valence-corrected chi connectivity index (χ0v) is 72.2. The molecule has 0 saturated heterocycles. The van der Waals surface area contributed by atoms with Crippen LogP contribution in [0.1, 0.15) is 5.56 Å². The summed E-state index contributed by atoms with van der Waals surface area (Å²) < 4.78 is 110. The SMILES string of the molecule is COc1cc2ncnc(Nc3ccc(F)c(C)c3)c2cc1OCCNc1cccc[n+]1C.COc1cc2ncnc(Nc3ccc(F)c(Cl)c3)c2cc1OCCNc1cc[n+](C)cc1.COc1cc2ncnc(Nc3ccc(F)c(Cl)c3)c2cc1OCCNc1ccc[n+](C)c1.COc1cc2ncnc(Nc3ccc(F)c(Cl)c3)c2cc1OCCn1cc[n+](C)c1. The normalized spacial score (nSPS) is 10.8. The third-order valence-electron chi connectivity index (χ3n) is 19.1. The molecule has 0 unspecified atom stereocenters. The molecule has 16 aromatic rings. The van der Waals surface area contributed by atoms with Gasteiger partial charge >= 0.3 is 0 Å². The Morgan fingerprint density at radius 1 is 0.349 bits per heavy atom. The molecule has 0 aliphatic rings. The fraction of sp³-hybridized carbons (Fsp3) is 0.187. The largest absolute Gasteiger partial charge is 0.493 e. The molecule has 7 N–H and O–H groups in total. The summed E-state index contributed by atoms with van der Waals surface area (Å²) in [5.74, 6) is 6.14. The Hall–Kier alpha value is -14.6. The molecule has 0 saturated carbocycles. The van der Waals surface area contributed by atoms with Crippen molar-refractivity contribution in [2.24, 2.45) is 28.2 Å². The van der Waals surface area contributed by atoms with Gasteiger partial charge in [-0.2, -0.15) is 0 Å². The fourth-order valence-electron chi connectivity index (χ4n) is 12.7. The first-order valence-corrected chi connectivity index (χ1v) is 40.4. The molecule has 126 heavy (non-hydrogen) atoms. The zero-order chi connectivity index (χ0) is 88.6. The molecule has 646 valence electrons. The predicted molar refractivity (Wildman–Crippen MR) is 479 cm³/mol. The van der Waals surface area contributed by atoms with Crippen molar-refractivity contribution < 1.29 is 73.7 Å². The van der Waals surface area contributed by atoms with Crippen LogP contribution < -0.4 is 93.4 Å². The number of ether oxygens (including phenoxy) is 8. The second-order valence-corrected chi connectivity index (χ2v) is 29.2. The van der Waals surface area contributed by atoms with E-state index >= 15 is 0 Å². The number of aromatic nitrogens is 13. The molecule has 35 heteroatoms. The van der Waals surface area contributed by atoms with Gasteiger partial charge in [-0.1, -0.05) is 40.9 Å². The Balaban J connectivity index is 0.000000144. The second kappa shape index (κ2) is 42.9. The highest BCUT2D eigenvalue weighted by atomic mass is 35.5. The summed E-state index contributed by atoms with van der Waals surface area (Å²) in [7, 11) is 14.2. The Morgan fingerprint density at radius 3 is 1.11 bits per heavy atom. The Bertz CT molecular complexity index is 6480. The number of benzene rings is 8. The number of aryl methyl sites for hydroxylation is 5. The van der Waals surface area contributed by atoms with E-state index in [2.05, 4.69) is 77.1 Å². The van der Waals surface area contributed by atoms with Gasteiger partial charge in [0.2, 0.25) is 6.33 Å². The molecule has 8 aromatic heterocycles. The lowest BCUT2D eigenvalue weighted by atomic mass is 10.2. The maximum atomic E-state index is 13.6.